The molecule has 0 amide bonds. The van der Waals surface area contributed by atoms with Crippen molar-refractivity contribution in [1.82, 2.24) is 5.32 Å². The number of halogens is 1. The number of nitrogens with one attached hydrogen (secondary N) is 1. The maximum Gasteiger partial charge on any atom is 0.123 e. The molecule has 90 valence electrons. The monoisotopic (exact) mass is 227 g/mol. The van der Waals surface area contributed by atoms with E-state index >= 15 is 0 Å². The van der Waals surface area contributed by atoms with Gasteiger partial charge in [0, 0.05) is 19.7 Å². The zero-order valence-corrected chi connectivity index (χ0v) is 9.45. The maximum atomic E-state index is 12.6. The fraction of sp³-hybridized carbons (Fsp3) is 0.500. The van der Waals surface area contributed by atoms with Crippen molar-refractivity contribution in [2.75, 3.05) is 26.3 Å². The molecule has 0 aliphatic carbocycles. The standard InChI is InChI=1S/C12H18FNO2/c1-2-16-8-7-14-9-12(15)10-3-5-11(13)6-4-10/h3-6,12,14-15H,2,7-9H2,1H3. The van der Waals surface area contributed by atoms with E-state index in [0.29, 0.717) is 31.9 Å². The van der Waals surface area contributed by atoms with E-state index in [-0.39, 0.29) is 5.82 Å². The van der Waals surface area contributed by atoms with Gasteiger partial charge in [0.25, 0.3) is 0 Å². The van der Waals surface area contributed by atoms with Crippen LogP contribution in [-0.4, -0.2) is 31.4 Å². The Balaban J connectivity index is 2.24. The highest BCUT2D eigenvalue weighted by atomic mass is 19.1. The van der Waals surface area contributed by atoms with Crippen LogP contribution >= 0.6 is 0 Å². The van der Waals surface area contributed by atoms with Crippen molar-refractivity contribution in [1.29, 1.82) is 0 Å². The minimum atomic E-state index is -0.609. The van der Waals surface area contributed by atoms with E-state index in [1.165, 1.54) is 12.1 Å². The third-order valence-corrected chi connectivity index (χ3v) is 2.22. The summed E-state index contributed by atoms with van der Waals surface area (Å²) in [5.41, 5.74) is 0.713. The molecule has 1 aromatic rings. The Labute approximate surface area is 95.2 Å². The van der Waals surface area contributed by atoms with Crippen molar-refractivity contribution in [3.8, 4) is 0 Å². The van der Waals surface area contributed by atoms with E-state index < -0.39 is 6.10 Å². The second-order valence-electron chi connectivity index (χ2n) is 3.47. The van der Waals surface area contributed by atoms with Crippen molar-refractivity contribution >= 4 is 0 Å². The van der Waals surface area contributed by atoms with E-state index in [4.69, 9.17) is 4.74 Å². The van der Waals surface area contributed by atoms with Gasteiger partial charge in [-0.15, -0.1) is 0 Å². The molecule has 0 saturated carbocycles. The maximum absolute atomic E-state index is 12.6. The van der Waals surface area contributed by atoms with Gasteiger partial charge < -0.3 is 15.2 Å². The van der Waals surface area contributed by atoms with Gasteiger partial charge in [0.1, 0.15) is 5.82 Å². The van der Waals surface area contributed by atoms with Crippen molar-refractivity contribution in [2.24, 2.45) is 0 Å². The van der Waals surface area contributed by atoms with Crippen LogP contribution in [0.5, 0.6) is 0 Å². The fourth-order valence-corrected chi connectivity index (χ4v) is 1.33. The number of aliphatic hydroxyl groups excluding tert-OH is 1. The summed E-state index contributed by atoms with van der Waals surface area (Å²) in [7, 11) is 0. The van der Waals surface area contributed by atoms with Crippen molar-refractivity contribution < 1.29 is 14.2 Å². The van der Waals surface area contributed by atoms with E-state index in [2.05, 4.69) is 5.32 Å². The van der Waals surface area contributed by atoms with Crippen molar-refractivity contribution in [3.05, 3.63) is 35.6 Å². The van der Waals surface area contributed by atoms with E-state index in [1.807, 2.05) is 6.92 Å². The Morgan fingerprint density at radius 1 is 1.38 bits per heavy atom. The van der Waals surface area contributed by atoms with Gasteiger partial charge in [-0.3, -0.25) is 0 Å². The predicted molar refractivity (Wildman–Crippen MR) is 60.7 cm³/mol. The lowest BCUT2D eigenvalue weighted by atomic mass is 10.1. The average Bonchev–Trinajstić information content (AvgIpc) is 2.29. The summed E-state index contributed by atoms with van der Waals surface area (Å²) in [4.78, 5) is 0. The third kappa shape index (κ3) is 4.70. The molecule has 0 aliphatic rings. The van der Waals surface area contributed by atoms with Crippen LogP contribution in [0.15, 0.2) is 24.3 Å². The van der Waals surface area contributed by atoms with Gasteiger partial charge in [-0.2, -0.15) is 0 Å². The molecular weight excluding hydrogens is 209 g/mol. The number of hydrogen-bond donors (Lipinski definition) is 2. The molecule has 1 unspecified atom stereocenters. The lowest BCUT2D eigenvalue weighted by Crippen LogP contribution is -2.25. The lowest BCUT2D eigenvalue weighted by molar-refractivity contribution is 0.138. The zero-order chi connectivity index (χ0) is 11.8. The molecule has 2 N–H and O–H groups in total. The highest BCUT2D eigenvalue weighted by molar-refractivity contribution is 5.18. The Bertz CT molecular complexity index is 290. The SMILES string of the molecule is CCOCCNCC(O)c1ccc(F)cc1. The first-order valence-electron chi connectivity index (χ1n) is 5.46. The average molecular weight is 227 g/mol. The minimum Gasteiger partial charge on any atom is -0.387 e. The Hall–Kier alpha value is -0.970. The Morgan fingerprint density at radius 2 is 2.06 bits per heavy atom. The van der Waals surface area contributed by atoms with Crippen LogP contribution in [0, 0.1) is 5.82 Å². The molecule has 0 heterocycles. The van der Waals surface area contributed by atoms with E-state index in [9.17, 15) is 9.50 Å². The van der Waals surface area contributed by atoms with Gasteiger partial charge in [-0.25, -0.2) is 4.39 Å². The highest BCUT2D eigenvalue weighted by Gasteiger charge is 2.06. The summed E-state index contributed by atoms with van der Waals surface area (Å²) in [6.45, 7) is 4.41. The van der Waals surface area contributed by atoms with Gasteiger partial charge >= 0.3 is 0 Å². The largest absolute Gasteiger partial charge is 0.387 e. The second-order valence-corrected chi connectivity index (χ2v) is 3.47. The van der Waals surface area contributed by atoms with Crippen molar-refractivity contribution in [3.63, 3.8) is 0 Å². The second kappa shape index (κ2) is 7.33. The lowest BCUT2D eigenvalue weighted by Gasteiger charge is -2.12. The first-order chi connectivity index (χ1) is 7.74. The van der Waals surface area contributed by atoms with Gasteiger partial charge in [0.15, 0.2) is 0 Å². The summed E-state index contributed by atoms with van der Waals surface area (Å²) in [5, 5.41) is 12.8. The number of aliphatic hydroxyl groups is 1. The highest BCUT2D eigenvalue weighted by Crippen LogP contribution is 2.11. The molecular formula is C12H18FNO2. The zero-order valence-electron chi connectivity index (χ0n) is 9.45. The molecule has 0 saturated heterocycles. The molecule has 16 heavy (non-hydrogen) atoms. The van der Waals surface area contributed by atoms with Crippen LogP contribution in [0.25, 0.3) is 0 Å². The molecule has 0 spiro atoms. The first kappa shape index (κ1) is 13.1. The molecule has 1 atom stereocenters. The first-order valence-corrected chi connectivity index (χ1v) is 5.46. The molecule has 1 rings (SSSR count). The molecule has 0 bridgehead atoms. The van der Waals surface area contributed by atoms with Gasteiger partial charge in [-0.05, 0) is 24.6 Å². The van der Waals surface area contributed by atoms with E-state index in [1.54, 1.807) is 12.1 Å². The minimum absolute atomic E-state index is 0.291. The molecule has 0 fully saturated rings. The van der Waals surface area contributed by atoms with Crippen LogP contribution in [0.2, 0.25) is 0 Å². The Morgan fingerprint density at radius 3 is 2.69 bits per heavy atom. The van der Waals surface area contributed by atoms with Gasteiger partial charge in [0.2, 0.25) is 0 Å². The molecule has 0 radical (unpaired) electrons. The smallest absolute Gasteiger partial charge is 0.123 e. The Kier molecular flexibility index (Phi) is 6.00. The summed E-state index contributed by atoms with van der Waals surface area (Å²) in [6, 6.07) is 5.87. The normalized spacial score (nSPS) is 12.7. The van der Waals surface area contributed by atoms with Crippen LogP contribution in [0.3, 0.4) is 0 Å². The van der Waals surface area contributed by atoms with Crippen LogP contribution in [0.4, 0.5) is 4.39 Å². The summed E-state index contributed by atoms with van der Waals surface area (Å²) in [5.74, 6) is -0.291. The van der Waals surface area contributed by atoms with Crippen LogP contribution in [-0.2, 0) is 4.74 Å². The van der Waals surface area contributed by atoms with Gasteiger partial charge in [-0.1, -0.05) is 12.1 Å². The molecule has 3 nitrogen and oxygen atoms in total. The number of hydrogen-bond acceptors (Lipinski definition) is 3. The molecule has 1 aromatic carbocycles. The van der Waals surface area contributed by atoms with Crippen LogP contribution in [0.1, 0.15) is 18.6 Å². The summed E-state index contributed by atoms with van der Waals surface area (Å²) >= 11 is 0. The number of rotatable bonds is 7. The summed E-state index contributed by atoms with van der Waals surface area (Å²) in [6.07, 6.45) is -0.609. The molecule has 0 aliphatic heterocycles. The molecule has 4 heteroatoms. The third-order valence-electron chi connectivity index (χ3n) is 2.22. The topological polar surface area (TPSA) is 41.5 Å². The van der Waals surface area contributed by atoms with Gasteiger partial charge in [0.05, 0.1) is 12.7 Å². The molecule has 0 aromatic heterocycles. The number of ether oxygens (including phenoxy) is 1. The van der Waals surface area contributed by atoms with Crippen molar-refractivity contribution in [2.45, 2.75) is 13.0 Å². The quantitative estimate of drug-likeness (QED) is 0.693. The van der Waals surface area contributed by atoms with Crippen LogP contribution < -0.4 is 5.32 Å². The predicted octanol–water partition coefficient (Wildman–Crippen LogP) is 1.49. The number of benzene rings is 1. The summed E-state index contributed by atoms with van der Waals surface area (Å²) < 4.78 is 17.8. The van der Waals surface area contributed by atoms with E-state index in [0.717, 1.165) is 0 Å². The fourth-order valence-electron chi connectivity index (χ4n) is 1.33.